The van der Waals surface area contributed by atoms with Crippen molar-refractivity contribution in [1.29, 1.82) is 0 Å². The quantitative estimate of drug-likeness (QED) is 0.652. The zero-order valence-electron chi connectivity index (χ0n) is 7.84. The van der Waals surface area contributed by atoms with Gasteiger partial charge < -0.3 is 9.88 Å². The number of nitrogens with one attached hydrogen (secondary N) is 1. The van der Waals surface area contributed by atoms with Gasteiger partial charge in [-0.05, 0) is 12.8 Å². The molecule has 13 heavy (non-hydrogen) atoms. The molecule has 0 saturated carbocycles. The summed E-state index contributed by atoms with van der Waals surface area (Å²) in [6.07, 6.45) is 6.36. The number of hydrogen-bond acceptors (Lipinski definition) is 2. The molecule has 3 nitrogen and oxygen atoms in total. The molecule has 1 N–H and O–H groups in total. The fraction of sp³-hybridized carbons (Fsp3) is 0.700. The van der Waals surface area contributed by atoms with E-state index in [1.54, 1.807) is 0 Å². The first-order chi connectivity index (χ1) is 6.45. The van der Waals surface area contributed by atoms with Crippen molar-refractivity contribution < 1.29 is 0 Å². The normalized spacial score (nSPS) is 20.3. The molecular formula is C10H15N3. The molecule has 0 atom stereocenters. The number of fused-ring (bicyclic) bond motifs is 3. The second-order valence-corrected chi connectivity index (χ2v) is 3.96. The van der Waals surface area contributed by atoms with Crippen LogP contribution in [0.25, 0.3) is 0 Å². The van der Waals surface area contributed by atoms with Gasteiger partial charge in [0.1, 0.15) is 11.6 Å². The maximum atomic E-state index is 4.64. The molecule has 3 heteroatoms. The van der Waals surface area contributed by atoms with Gasteiger partial charge in [0.25, 0.3) is 0 Å². The van der Waals surface area contributed by atoms with Gasteiger partial charge in [0.15, 0.2) is 0 Å². The predicted molar refractivity (Wildman–Crippen MR) is 52.0 cm³/mol. The zero-order valence-corrected chi connectivity index (χ0v) is 7.84. The molecule has 0 radical (unpaired) electrons. The highest BCUT2D eigenvalue weighted by molar-refractivity contribution is 5.47. The lowest BCUT2D eigenvalue weighted by atomic mass is 10.2. The number of hydrogen-bond donors (Lipinski definition) is 1. The van der Waals surface area contributed by atoms with E-state index < -0.39 is 0 Å². The lowest BCUT2D eigenvalue weighted by Crippen LogP contribution is -2.05. The van der Waals surface area contributed by atoms with Crippen LogP contribution in [0.15, 0.2) is 0 Å². The molecular weight excluding hydrogens is 162 g/mol. The monoisotopic (exact) mass is 177 g/mol. The molecule has 0 fully saturated rings. The summed E-state index contributed by atoms with van der Waals surface area (Å²) in [7, 11) is 0. The van der Waals surface area contributed by atoms with Crippen molar-refractivity contribution in [3.63, 3.8) is 0 Å². The van der Waals surface area contributed by atoms with Crippen LogP contribution in [0, 0.1) is 0 Å². The molecule has 3 rings (SSSR count). The van der Waals surface area contributed by atoms with Gasteiger partial charge in [-0.15, -0.1) is 0 Å². The molecule has 0 amide bonds. The Labute approximate surface area is 78.2 Å². The number of anilines is 1. The minimum Gasteiger partial charge on any atom is -0.368 e. The lowest BCUT2D eigenvalue weighted by Gasteiger charge is -2.05. The van der Waals surface area contributed by atoms with Gasteiger partial charge in [-0.2, -0.15) is 0 Å². The van der Waals surface area contributed by atoms with E-state index in [0.29, 0.717) is 0 Å². The van der Waals surface area contributed by atoms with E-state index in [0.717, 1.165) is 12.4 Å². The highest BCUT2D eigenvalue weighted by Gasteiger charge is 2.21. The SMILES string of the molecule is C1CCc2nc3c(n2CC1)CCN3. The summed E-state index contributed by atoms with van der Waals surface area (Å²) >= 11 is 0. The smallest absolute Gasteiger partial charge is 0.147 e. The van der Waals surface area contributed by atoms with Crippen LogP contribution in [0.2, 0.25) is 0 Å². The molecule has 70 valence electrons. The van der Waals surface area contributed by atoms with E-state index in [4.69, 9.17) is 0 Å². The summed E-state index contributed by atoms with van der Waals surface area (Å²) in [4.78, 5) is 4.64. The Kier molecular flexibility index (Phi) is 1.57. The summed E-state index contributed by atoms with van der Waals surface area (Å²) in [6, 6.07) is 0. The number of rotatable bonds is 0. The maximum Gasteiger partial charge on any atom is 0.147 e. The van der Waals surface area contributed by atoms with Crippen molar-refractivity contribution in [3.05, 3.63) is 11.5 Å². The van der Waals surface area contributed by atoms with Crippen LogP contribution in [-0.2, 0) is 19.4 Å². The summed E-state index contributed by atoms with van der Waals surface area (Å²) in [5.41, 5.74) is 1.46. The van der Waals surface area contributed by atoms with Gasteiger partial charge in [0.2, 0.25) is 0 Å². The summed E-state index contributed by atoms with van der Waals surface area (Å²) in [5, 5.41) is 3.35. The Hall–Kier alpha value is -0.990. The van der Waals surface area contributed by atoms with Gasteiger partial charge in [-0.25, -0.2) is 4.98 Å². The summed E-state index contributed by atoms with van der Waals surface area (Å²) in [6.45, 7) is 2.28. The van der Waals surface area contributed by atoms with Gasteiger partial charge in [0, 0.05) is 25.9 Å². The van der Waals surface area contributed by atoms with E-state index in [2.05, 4.69) is 14.9 Å². The predicted octanol–water partition coefficient (Wildman–Crippen LogP) is 1.58. The maximum absolute atomic E-state index is 4.64. The van der Waals surface area contributed by atoms with Crippen LogP contribution in [0.1, 0.15) is 30.8 Å². The highest BCUT2D eigenvalue weighted by atomic mass is 15.2. The largest absolute Gasteiger partial charge is 0.368 e. The molecule has 0 saturated heterocycles. The molecule has 1 aromatic heterocycles. The van der Waals surface area contributed by atoms with Crippen LogP contribution in [0.5, 0.6) is 0 Å². The minimum absolute atomic E-state index is 1.08. The molecule has 0 unspecified atom stereocenters. The molecule has 2 aliphatic heterocycles. The Morgan fingerprint density at radius 3 is 3.15 bits per heavy atom. The Bertz CT molecular complexity index is 327. The fourth-order valence-corrected chi connectivity index (χ4v) is 2.42. The molecule has 2 aliphatic rings. The minimum atomic E-state index is 1.08. The van der Waals surface area contributed by atoms with Crippen LogP contribution in [-0.4, -0.2) is 16.1 Å². The van der Waals surface area contributed by atoms with E-state index in [1.165, 1.54) is 50.2 Å². The third-order valence-electron chi connectivity index (χ3n) is 3.09. The first-order valence-corrected chi connectivity index (χ1v) is 5.27. The number of aromatic nitrogens is 2. The van der Waals surface area contributed by atoms with E-state index in [-0.39, 0.29) is 0 Å². The van der Waals surface area contributed by atoms with Crippen LogP contribution < -0.4 is 5.32 Å². The molecule has 0 spiro atoms. The summed E-state index contributed by atoms with van der Waals surface area (Å²) in [5.74, 6) is 2.48. The van der Waals surface area contributed by atoms with Crippen molar-refractivity contribution in [1.82, 2.24) is 9.55 Å². The molecule has 3 heterocycles. The van der Waals surface area contributed by atoms with Gasteiger partial charge in [-0.1, -0.05) is 6.42 Å². The Morgan fingerprint density at radius 2 is 2.15 bits per heavy atom. The molecule has 1 aromatic rings. The molecule has 0 aliphatic carbocycles. The van der Waals surface area contributed by atoms with Crippen molar-refractivity contribution >= 4 is 5.82 Å². The second-order valence-electron chi connectivity index (χ2n) is 3.96. The van der Waals surface area contributed by atoms with Crippen molar-refractivity contribution in [2.75, 3.05) is 11.9 Å². The molecule has 0 bridgehead atoms. The number of nitrogens with zero attached hydrogens (tertiary/aromatic N) is 2. The van der Waals surface area contributed by atoms with Crippen LogP contribution in [0.4, 0.5) is 5.82 Å². The van der Waals surface area contributed by atoms with Crippen molar-refractivity contribution in [2.24, 2.45) is 0 Å². The second kappa shape index (κ2) is 2.76. The average Bonchev–Trinajstić information content (AvgIpc) is 2.61. The average molecular weight is 177 g/mol. The molecule has 0 aromatic carbocycles. The first-order valence-electron chi connectivity index (χ1n) is 5.27. The highest BCUT2D eigenvalue weighted by Crippen LogP contribution is 2.26. The van der Waals surface area contributed by atoms with E-state index in [9.17, 15) is 0 Å². The third-order valence-corrected chi connectivity index (χ3v) is 3.09. The zero-order chi connectivity index (χ0) is 8.67. The number of aryl methyl sites for hydroxylation is 1. The van der Waals surface area contributed by atoms with E-state index >= 15 is 0 Å². The number of imidazole rings is 1. The van der Waals surface area contributed by atoms with Crippen molar-refractivity contribution in [3.8, 4) is 0 Å². The van der Waals surface area contributed by atoms with Crippen LogP contribution >= 0.6 is 0 Å². The Morgan fingerprint density at radius 1 is 1.15 bits per heavy atom. The first kappa shape index (κ1) is 7.42. The van der Waals surface area contributed by atoms with E-state index in [1.807, 2.05) is 0 Å². The van der Waals surface area contributed by atoms with Gasteiger partial charge >= 0.3 is 0 Å². The van der Waals surface area contributed by atoms with Gasteiger partial charge in [-0.3, -0.25) is 0 Å². The topological polar surface area (TPSA) is 29.9 Å². The Balaban J connectivity index is 2.06. The lowest BCUT2D eigenvalue weighted by molar-refractivity contribution is 0.617. The van der Waals surface area contributed by atoms with Crippen LogP contribution in [0.3, 0.4) is 0 Å². The summed E-state index contributed by atoms with van der Waals surface area (Å²) < 4.78 is 2.45. The third kappa shape index (κ3) is 1.06. The van der Waals surface area contributed by atoms with Crippen molar-refractivity contribution in [2.45, 2.75) is 38.6 Å². The standard InChI is InChI=1S/C10H15N3/c1-2-4-9-12-10-8(5-6-11-10)13(9)7-3-1/h11H,1-7H2. The van der Waals surface area contributed by atoms with Gasteiger partial charge in [0.05, 0.1) is 5.69 Å². The fourth-order valence-electron chi connectivity index (χ4n) is 2.42.